The molecule has 3 aromatic heterocycles. The number of hydrogen-bond donors (Lipinski definition) is 3. The van der Waals surface area contributed by atoms with Gasteiger partial charge in [0.15, 0.2) is 5.60 Å². The van der Waals surface area contributed by atoms with Crippen molar-refractivity contribution in [2.75, 3.05) is 69.3 Å². The van der Waals surface area contributed by atoms with E-state index in [4.69, 9.17) is 29.2 Å². The van der Waals surface area contributed by atoms with Gasteiger partial charge < -0.3 is 54.1 Å². The van der Waals surface area contributed by atoms with Crippen LogP contribution in [0.3, 0.4) is 0 Å². The highest BCUT2D eigenvalue weighted by atomic mass is 19.1. The second kappa shape index (κ2) is 21.4. The molecule has 3 N–H and O–H groups in total. The maximum atomic E-state index is 15.5. The summed E-state index contributed by atoms with van der Waals surface area (Å²) in [7, 11) is 2.10. The number of halogens is 1. The molecule has 0 spiro atoms. The number of hydrogen-bond acceptors (Lipinski definition) is 16. The first-order valence-electron chi connectivity index (χ1n) is 28.1. The molecule has 1 aliphatic carbocycles. The van der Waals surface area contributed by atoms with E-state index in [0.717, 1.165) is 54.3 Å². The number of nitrogens with one attached hydrogen (secondary N) is 2. The summed E-state index contributed by atoms with van der Waals surface area (Å²) in [5.41, 5.74) is 5.45. The fourth-order valence-corrected chi connectivity index (χ4v) is 13.2. The number of anilines is 2. The highest BCUT2D eigenvalue weighted by Gasteiger charge is 2.46. The summed E-state index contributed by atoms with van der Waals surface area (Å²) in [6.45, 7) is 11.8. The number of piperazine rings is 1. The van der Waals surface area contributed by atoms with E-state index in [2.05, 4.69) is 88.4 Å². The maximum absolute atomic E-state index is 15.5. The molecular weight excluding hydrogens is 1050 g/mol. The zero-order valence-electron chi connectivity index (χ0n) is 46.4. The molecule has 0 bridgehead atoms. The van der Waals surface area contributed by atoms with E-state index in [1.807, 2.05) is 0 Å². The third-order valence-corrected chi connectivity index (χ3v) is 17.7. The second-order valence-corrected chi connectivity index (χ2v) is 22.4. The number of rotatable bonds is 13. The fourth-order valence-electron chi connectivity index (χ4n) is 13.2. The predicted octanol–water partition coefficient (Wildman–Crippen LogP) is 5.83. The van der Waals surface area contributed by atoms with Crippen molar-refractivity contribution in [1.82, 2.24) is 40.0 Å². The molecule has 2 fully saturated rings. The molecule has 4 unspecified atom stereocenters. The number of carbonyl (C=O) groups is 4. The molecule has 0 radical (unpaired) electrons. The monoisotopic (exact) mass is 1110 g/mol. The number of fused-ring (bicyclic) bond motifs is 7. The Morgan fingerprint density at radius 3 is 2.55 bits per heavy atom. The zero-order chi connectivity index (χ0) is 57.3. The number of cyclic esters (lactones) is 1. The molecule has 2 saturated heterocycles. The van der Waals surface area contributed by atoms with Gasteiger partial charge in [0.1, 0.15) is 38.0 Å². The Morgan fingerprint density at radius 1 is 0.951 bits per heavy atom. The van der Waals surface area contributed by atoms with E-state index in [0.29, 0.717) is 90.5 Å². The Morgan fingerprint density at radius 2 is 1.77 bits per heavy atom. The van der Waals surface area contributed by atoms with Gasteiger partial charge in [0, 0.05) is 77.0 Å². The average molecular weight is 1110 g/mol. The van der Waals surface area contributed by atoms with Crippen LogP contribution in [0.2, 0.25) is 0 Å². The topological polar surface area (TPSA) is 238 Å². The van der Waals surface area contributed by atoms with Crippen LogP contribution >= 0.6 is 0 Å². The molecule has 3 aromatic carbocycles. The van der Waals surface area contributed by atoms with E-state index >= 15 is 4.39 Å². The number of esters is 1. The minimum absolute atomic E-state index is 0.0191. The molecule has 5 aliphatic heterocycles. The first-order chi connectivity index (χ1) is 39.5. The van der Waals surface area contributed by atoms with Gasteiger partial charge in [-0.15, -0.1) is 0 Å². The Balaban J connectivity index is 0.708. The lowest BCUT2D eigenvalue weighted by molar-refractivity contribution is -0.172. The summed E-state index contributed by atoms with van der Waals surface area (Å²) in [5, 5.41) is 30.0. The lowest BCUT2D eigenvalue weighted by Crippen LogP contribution is -2.56. The van der Waals surface area contributed by atoms with Crippen LogP contribution in [0.5, 0.6) is 6.01 Å². The molecule has 6 aliphatic rings. The number of carbonyl (C=O) groups excluding carboxylic acids is 4. The van der Waals surface area contributed by atoms with Crippen LogP contribution in [0.1, 0.15) is 95.3 Å². The standard InChI is InChI=1S/C61H64FN11O9/c1-6-61(79)43-24-49-54-41(28-73(49)57(76)42(43)32-80-58(61)77)53-45(16-15-39-35(4)44(62)25-46(66-54)52(39)53)65-50(74)26-64-60(78)82-30-34(3)56(75)72-23-22-71(27-37(72)17-19-63)55-40-18-21-70(48-14-8-12-36-11-7-10-33(2)51(36)48)29-47(40)67-59(68-55)81-31-38-13-9-20-69(38)5/h7-8,10-12,14,24-25,37-38,45,79H,3,6,9,13,15-18,20-23,26-32H2,1-2,4-5H3,(H,64,78)(H,65,74). The average Bonchev–Trinajstić information content (AvgIpc) is 3.14. The van der Waals surface area contributed by atoms with Gasteiger partial charge in [0.2, 0.25) is 5.91 Å². The van der Waals surface area contributed by atoms with Gasteiger partial charge in [-0.05, 0) is 106 Å². The van der Waals surface area contributed by atoms with Gasteiger partial charge in [-0.1, -0.05) is 43.8 Å². The van der Waals surface area contributed by atoms with Crippen LogP contribution in [-0.4, -0.2) is 130 Å². The van der Waals surface area contributed by atoms with Crippen molar-refractivity contribution in [3.63, 3.8) is 0 Å². The number of aromatic nitrogens is 4. The summed E-state index contributed by atoms with van der Waals surface area (Å²) in [5.74, 6) is -1.62. The van der Waals surface area contributed by atoms with Crippen molar-refractivity contribution in [2.45, 2.75) is 109 Å². The minimum atomic E-state index is -2.05. The highest BCUT2D eigenvalue weighted by molar-refractivity contribution is 5.98. The molecule has 82 heavy (non-hydrogen) atoms. The van der Waals surface area contributed by atoms with Gasteiger partial charge in [-0.2, -0.15) is 15.2 Å². The number of amides is 3. The molecule has 12 rings (SSSR count). The number of benzene rings is 3. The Kier molecular flexibility index (Phi) is 14.2. The molecule has 20 nitrogen and oxygen atoms in total. The van der Waals surface area contributed by atoms with Gasteiger partial charge in [-0.3, -0.25) is 14.4 Å². The number of alkyl carbamates (subject to hydrolysis) is 1. The van der Waals surface area contributed by atoms with Gasteiger partial charge in [-0.25, -0.2) is 19.0 Å². The number of ether oxygens (including phenoxy) is 3. The lowest BCUT2D eigenvalue weighted by atomic mass is 9.81. The van der Waals surface area contributed by atoms with E-state index in [1.54, 1.807) is 24.8 Å². The van der Waals surface area contributed by atoms with Crippen LogP contribution in [0.15, 0.2) is 65.5 Å². The van der Waals surface area contributed by atoms with E-state index in [-0.39, 0.29) is 55.3 Å². The summed E-state index contributed by atoms with van der Waals surface area (Å²) in [4.78, 5) is 91.3. The lowest BCUT2D eigenvalue weighted by Gasteiger charge is -2.42. The normalized spacial score (nSPS) is 20.8. The number of pyridine rings is 2. The SMILES string of the molecule is C=C(COC(=O)NCC(=O)NC1CCc2c(C)c(F)cc3nc4c(c1c23)Cn1c-4cc2c(c1=O)COC(=O)C2(O)CC)C(=O)N1CCN(c2nc(OCC3CCCN3C)nc3c2CCN(c2cccc4cccc(C)c24)C3)CC1CC#N. The van der Waals surface area contributed by atoms with E-state index in [1.165, 1.54) is 27.0 Å². The van der Waals surface area contributed by atoms with Gasteiger partial charge >= 0.3 is 18.1 Å². The minimum Gasteiger partial charge on any atom is -0.462 e. The second-order valence-electron chi connectivity index (χ2n) is 22.4. The summed E-state index contributed by atoms with van der Waals surface area (Å²) in [6.07, 6.45) is 2.57. The Bertz CT molecular complexity index is 3800. The van der Waals surface area contributed by atoms with Crippen LogP contribution in [0.25, 0.3) is 33.1 Å². The summed E-state index contributed by atoms with van der Waals surface area (Å²) in [6, 6.07) is 17.2. The van der Waals surface area contributed by atoms with Gasteiger partial charge in [0.05, 0.1) is 65.8 Å². The van der Waals surface area contributed by atoms with Crippen LogP contribution < -0.4 is 30.7 Å². The van der Waals surface area contributed by atoms with Gasteiger partial charge in [0.25, 0.3) is 11.5 Å². The number of nitrogens with zero attached hydrogens (tertiary/aromatic N) is 9. The molecule has 8 heterocycles. The maximum Gasteiger partial charge on any atom is 0.407 e. The quantitative estimate of drug-likeness (QED) is 0.0910. The summed E-state index contributed by atoms with van der Waals surface area (Å²) < 4.78 is 34.1. The largest absolute Gasteiger partial charge is 0.462 e. The van der Waals surface area contributed by atoms with Crippen LogP contribution in [-0.2, 0) is 62.0 Å². The van der Waals surface area contributed by atoms with Crippen LogP contribution in [0, 0.1) is 31.0 Å². The number of aliphatic hydroxyl groups is 1. The molecule has 4 atom stereocenters. The van der Waals surface area contributed by atoms with Crippen molar-refractivity contribution < 1.29 is 42.9 Å². The number of likely N-dealkylation sites (tertiary alicyclic amines) is 1. The van der Waals surface area contributed by atoms with Crippen molar-refractivity contribution in [3.8, 4) is 23.5 Å². The molecular formula is C61H64FN11O9. The van der Waals surface area contributed by atoms with E-state index in [9.17, 15) is 34.3 Å². The summed E-state index contributed by atoms with van der Waals surface area (Å²) >= 11 is 0. The number of nitriles is 1. The first kappa shape index (κ1) is 54.1. The molecule has 3 amide bonds. The third-order valence-electron chi connectivity index (χ3n) is 17.7. The Hall–Kier alpha value is -8.48. The van der Waals surface area contributed by atoms with Crippen molar-refractivity contribution in [1.29, 1.82) is 5.26 Å². The zero-order valence-corrected chi connectivity index (χ0v) is 46.4. The smallest absolute Gasteiger partial charge is 0.407 e. The highest BCUT2D eigenvalue weighted by Crippen LogP contribution is 2.46. The van der Waals surface area contributed by atoms with Crippen LogP contribution in [0.4, 0.5) is 20.7 Å². The third kappa shape index (κ3) is 9.40. The number of aryl methyl sites for hydroxylation is 2. The number of likely N-dealkylation sites (N-methyl/N-ethyl adjacent to an activating group) is 1. The fraction of sp³-hybridized carbons (Fsp3) is 0.426. The van der Waals surface area contributed by atoms with Crippen molar-refractivity contribution >= 4 is 57.1 Å². The van der Waals surface area contributed by atoms with E-state index < -0.39 is 66.1 Å². The first-order valence-corrected chi connectivity index (χ1v) is 28.1. The predicted molar refractivity (Wildman–Crippen MR) is 301 cm³/mol. The molecule has 6 aromatic rings. The Labute approximate surface area is 472 Å². The van der Waals surface area contributed by atoms with Crippen molar-refractivity contribution in [3.05, 3.63) is 127 Å². The molecule has 21 heteroatoms. The van der Waals surface area contributed by atoms with Crippen molar-refractivity contribution in [2.24, 2.45) is 0 Å². The molecule has 0 saturated carbocycles. The molecule has 424 valence electrons.